The molecule has 0 aromatic heterocycles. The highest BCUT2D eigenvalue weighted by atomic mass is 16.3. The first-order valence-electron chi connectivity index (χ1n) is 5.93. The van der Waals surface area contributed by atoms with E-state index in [1.165, 1.54) is 38.8 Å². The Bertz CT molecular complexity index is 184. The summed E-state index contributed by atoms with van der Waals surface area (Å²) in [6, 6.07) is 1.38. The molecule has 2 N–H and O–H groups in total. The highest BCUT2D eigenvalue weighted by Crippen LogP contribution is 2.26. The SMILES string of the molecule is CC(O)CNC1CCN2CCCCC12. The normalized spacial score (nSPS) is 35.6. The molecule has 3 atom stereocenters. The fraction of sp³-hybridized carbons (Fsp3) is 1.00. The van der Waals surface area contributed by atoms with Crippen molar-refractivity contribution in [3.05, 3.63) is 0 Å². The third kappa shape index (κ3) is 2.27. The van der Waals surface area contributed by atoms with Crippen LogP contribution in [-0.4, -0.2) is 47.8 Å². The number of fused-ring (bicyclic) bond motifs is 1. The molecule has 0 bridgehead atoms. The smallest absolute Gasteiger partial charge is 0.0636 e. The van der Waals surface area contributed by atoms with Crippen LogP contribution in [-0.2, 0) is 0 Å². The molecule has 2 aliphatic rings. The van der Waals surface area contributed by atoms with E-state index < -0.39 is 0 Å². The van der Waals surface area contributed by atoms with Crippen LogP contribution in [0.2, 0.25) is 0 Å². The van der Waals surface area contributed by atoms with Gasteiger partial charge in [-0.15, -0.1) is 0 Å². The Kier molecular flexibility index (Phi) is 3.42. The van der Waals surface area contributed by atoms with Crippen molar-refractivity contribution in [2.24, 2.45) is 0 Å². The predicted molar refractivity (Wildman–Crippen MR) is 57.3 cm³/mol. The zero-order valence-corrected chi connectivity index (χ0v) is 9.08. The van der Waals surface area contributed by atoms with Crippen molar-refractivity contribution in [1.29, 1.82) is 0 Å². The Hall–Kier alpha value is -0.120. The summed E-state index contributed by atoms with van der Waals surface area (Å²) in [6.45, 7) is 5.13. The quantitative estimate of drug-likeness (QED) is 0.696. The molecular formula is C11H22N2O. The van der Waals surface area contributed by atoms with Gasteiger partial charge in [0, 0.05) is 25.2 Å². The lowest BCUT2D eigenvalue weighted by molar-refractivity contribution is 0.159. The summed E-state index contributed by atoms with van der Waals surface area (Å²) in [6.07, 6.45) is 5.15. The summed E-state index contributed by atoms with van der Waals surface area (Å²) in [4.78, 5) is 2.61. The molecule has 3 nitrogen and oxygen atoms in total. The van der Waals surface area contributed by atoms with E-state index in [-0.39, 0.29) is 6.10 Å². The average molecular weight is 198 g/mol. The highest BCUT2D eigenvalue weighted by Gasteiger charge is 2.34. The number of hydrogen-bond acceptors (Lipinski definition) is 3. The predicted octanol–water partition coefficient (Wildman–Crippen LogP) is 0.584. The molecule has 0 amide bonds. The Balaban J connectivity index is 1.81. The molecule has 2 saturated heterocycles. The third-order valence-electron chi connectivity index (χ3n) is 3.53. The summed E-state index contributed by atoms with van der Waals surface area (Å²) >= 11 is 0. The summed E-state index contributed by atoms with van der Waals surface area (Å²) < 4.78 is 0. The molecule has 2 rings (SSSR count). The molecule has 0 saturated carbocycles. The second-order valence-corrected chi connectivity index (χ2v) is 4.75. The van der Waals surface area contributed by atoms with Crippen molar-refractivity contribution < 1.29 is 5.11 Å². The van der Waals surface area contributed by atoms with Crippen LogP contribution in [0.15, 0.2) is 0 Å². The second kappa shape index (κ2) is 4.60. The minimum Gasteiger partial charge on any atom is -0.392 e. The fourth-order valence-corrected chi connectivity index (χ4v) is 2.81. The van der Waals surface area contributed by atoms with E-state index in [2.05, 4.69) is 10.2 Å². The molecule has 2 heterocycles. The first kappa shape index (κ1) is 10.4. The molecule has 0 spiro atoms. The maximum Gasteiger partial charge on any atom is 0.0636 e. The summed E-state index contributed by atoms with van der Waals surface area (Å²) in [5.41, 5.74) is 0. The lowest BCUT2D eigenvalue weighted by Gasteiger charge is -2.32. The Morgan fingerprint density at radius 3 is 3.00 bits per heavy atom. The average Bonchev–Trinajstić information content (AvgIpc) is 2.58. The topological polar surface area (TPSA) is 35.5 Å². The van der Waals surface area contributed by atoms with Crippen LogP contribution in [0.3, 0.4) is 0 Å². The van der Waals surface area contributed by atoms with Gasteiger partial charge in [0.15, 0.2) is 0 Å². The van der Waals surface area contributed by atoms with Crippen LogP contribution < -0.4 is 5.32 Å². The number of nitrogens with one attached hydrogen (secondary N) is 1. The first-order valence-corrected chi connectivity index (χ1v) is 5.93. The Morgan fingerprint density at radius 2 is 2.21 bits per heavy atom. The summed E-state index contributed by atoms with van der Waals surface area (Å²) in [5, 5.41) is 12.7. The van der Waals surface area contributed by atoms with Gasteiger partial charge in [-0.05, 0) is 32.7 Å². The minimum atomic E-state index is -0.215. The van der Waals surface area contributed by atoms with Gasteiger partial charge < -0.3 is 10.4 Å². The van der Waals surface area contributed by atoms with Gasteiger partial charge in [0.1, 0.15) is 0 Å². The van der Waals surface area contributed by atoms with Gasteiger partial charge in [-0.1, -0.05) is 6.42 Å². The van der Waals surface area contributed by atoms with Gasteiger partial charge in [0.2, 0.25) is 0 Å². The summed E-state index contributed by atoms with van der Waals surface area (Å²) in [5.74, 6) is 0. The molecule has 2 aliphatic heterocycles. The second-order valence-electron chi connectivity index (χ2n) is 4.75. The van der Waals surface area contributed by atoms with Crippen LogP contribution in [0.1, 0.15) is 32.6 Å². The highest BCUT2D eigenvalue weighted by molar-refractivity contribution is 4.93. The summed E-state index contributed by atoms with van der Waals surface area (Å²) in [7, 11) is 0. The molecule has 0 aromatic carbocycles. The number of hydrogen-bond donors (Lipinski definition) is 2. The molecule has 3 heteroatoms. The van der Waals surface area contributed by atoms with E-state index in [4.69, 9.17) is 0 Å². The van der Waals surface area contributed by atoms with Crippen LogP contribution >= 0.6 is 0 Å². The van der Waals surface area contributed by atoms with Gasteiger partial charge >= 0.3 is 0 Å². The standard InChI is InChI=1S/C11H22N2O/c1-9(14)8-12-10-5-7-13-6-3-2-4-11(10)13/h9-12,14H,2-8H2,1H3. The van der Waals surface area contributed by atoms with Crippen LogP contribution in [0.25, 0.3) is 0 Å². The van der Waals surface area contributed by atoms with Gasteiger partial charge in [-0.2, -0.15) is 0 Å². The lowest BCUT2D eigenvalue weighted by atomic mass is 9.99. The van der Waals surface area contributed by atoms with Crippen molar-refractivity contribution in [2.45, 2.75) is 50.8 Å². The molecule has 3 unspecified atom stereocenters. The van der Waals surface area contributed by atoms with Gasteiger partial charge in [0.05, 0.1) is 6.10 Å². The Labute approximate surface area is 86.5 Å². The van der Waals surface area contributed by atoms with E-state index in [0.29, 0.717) is 6.04 Å². The van der Waals surface area contributed by atoms with Gasteiger partial charge in [-0.25, -0.2) is 0 Å². The minimum absolute atomic E-state index is 0.215. The number of nitrogens with zero attached hydrogens (tertiary/aromatic N) is 1. The molecule has 14 heavy (non-hydrogen) atoms. The maximum atomic E-state index is 9.23. The number of piperidine rings is 1. The van der Waals surface area contributed by atoms with Crippen LogP contribution in [0.5, 0.6) is 0 Å². The van der Waals surface area contributed by atoms with Crippen molar-refractivity contribution in [3.8, 4) is 0 Å². The first-order chi connectivity index (χ1) is 6.77. The van der Waals surface area contributed by atoms with Crippen LogP contribution in [0.4, 0.5) is 0 Å². The Morgan fingerprint density at radius 1 is 1.36 bits per heavy atom. The van der Waals surface area contributed by atoms with E-state index in [1.54, 1.807) is 0 Å². The van der Waals surface area contributed by atoms with E-state index in [1.807, 2.05) is 6.92 Å². The van der Waals surface area contributed by atoms with E-state index in [9.17, 15) is 5.11 Å². The van der Waals surface area contributed by atoms with Crippen molar-refractivity contribution >= 4 is 0 Å². The van der Waals surface area contributed by atoms with Crippen molar-refractivity contribution in [3.63, 3.8) is 0 Å². The molecule has 2 fully saturated rings. The third-order valence-corrected chi connectivity index (χ3v) is 3.53. The van der Waals surface area contributed by atoms with Crippen molar-refractivity contribution in [1.82, 2.24) is 10.2 Å². The zero-order chi connectivity index (χ0) is 9.97. The monoisotopic (exact) mass is 198 g/mol. The maximum absolute atomic E-state index is 9.23. The fourth-order valence-electron chi connectivity index (χ4n) is 2.81. The molecule has 0 aromatic rings. The van der Waals surface area contributed by atoms with E-state index in [0.717, 1.165) is 12.6 Å². The van der Waals surface area contributed by atoms with Crippen molar-refractivity contribution in [2.75, 3.05) is 19.6 Å². The zero-order valence-electron chi connectivity index (χ0n) is 9.08. The number of aliphatic hydroxyl groups excluding tert-OH is 1. The molecule has 0 aliphatic carbocycles. The molecule has 82 valence electrons. The number of aliphatic hydroxyl groups is 1. The van der Waals surface area contributed by atoms with Gasteiger partial charge in [0.25, 0.3) is 0 Å². The van der Waals surface area contributed by atoms with E-state index >= 15 is 0 Å². The molecular weight excluding hydrogens is 176 g/mol. The van der Waals surface area contributed by atoms with Crippen LogP contribution in [0, 0.1) is 0 Å². The lowest BCUT2D eigenvalue weighted by Crippen LogP contribution is -2.46. The molecule has 0 radical (unpaired) electrons. The number of rotatable bonds is 3. The largest absolute Gasteiger partial charge is 0.392 e. The van der Waals surface area contributed by atoms with Gasteiger partial charge in [-0.3, -0.25) is 4.90 Å².